The quantitative estimate of drug-likeness (QED) is 0.562. The van der Waals surface area contributed by atoms with Crippen molar-refractivity contribution in [2.24, 2.45) is 0 Å². The number of esters is 1. The maximum absolute atomic E-state index is 10.7. The van der Waals surface area contributed by atoms with Crippen LogP contribution >= 0.6 is 0 Å². The highest BCUT2D eigenvalue weighted by molar-refractivity contribution is 7.84. The van der Waals surface area contributed by atoms with Crippen LogP contribution in [0.4, 0.5) is 0 Å². The van der Waals surface area contributed by atoms with E-state index in [9.17, 15) is 9.00 Å². The molecule has 10 heavy (non-hydrogen) atoms. The van der Waals surface area contributed by atoms with Crippen molar-refractivity contribution in [3.8, 4) is 0 Å². The maximum atomic E-state index is 10.7. The first kappa shape index (κ1) is 9.62. The zero-order chi connectivity index (χ0) is 7.98. The first-order chi connectivity index (χ1) is 4.70. The summed E-state index contributed by atoms with van der Waals surface area (Å²) in [7, 11) is 0.481. The monoisotopic (exact) mass is 164 g/mol. The second-order valence-electron chi connectivity index (χ2n) is 1.76. The van der Waals surface area contributed by atoms with Crippen molar-refractivity contribution in [2.75, 3.05) is 18.6 Å². The van der Waals surface area contributed by atoms with Gasteiger partial charge in [-0.15, -0.1) is 0 Å². The second-order valence-corrected chi connectivity index (χ2v) is 3.62. The molecular formula is C6H12O3S. The molecule has 0 aliphatic heterocycles. The molecule has 0 saturated heterocycles. The van der Waals surface area contributed by atoms with Crippen LogP contribution in [-0.4, -0.2) is 28.8 Å². The van der Waals surface area contributed by atoms with E-state index in [1.165, 1.54) is 7.11 Å². The Kier molecular flexibility index (Phi) is 5.20. The summed E-state index contributed by atoms with van der Waals surface area (Å²) in [6, 6.07) is 0. The topological polar surface area (TPSA) is 43.4 Å². The molecular weight excluding hydrogens is 152 g/mol. The summed E-state index contributed by atoms with van der Waals surface area (Å²) >= 11 is 0. The Bertz CT molecular complexity index is 117. The minimum absolute atomic E-state index is 0.261. The molecule has 0 aliphatic rings. The van der Waals surface area contributed by atoms with Crippen molar-refractivity contribution >= 4 is 16.8 Å². The third-order valence-corrected chi connectivity index (χ3v) is 2.39. The number of rotatable bonds is 4. The van der Waals surface area contributed by atoms with Crippen LogP contribution in [0.1, 0.15) is 13.3 Å². The first-order valence-corrected chi connectivity index (χ1v) is 4.61. The summed E-state index contributed by atoms with van der Waals surface area (Å²) in [4.78, 5) is 10.5. The highest BCUT2D eigenvalue weighted by Gasteiger charge is 2.02. The molecule has 0 amide bonds. The second kappa shape index (κ2) is 5.41. The zero-order valence-electron chi connectivity index (χ0n) is 6.25. The predicted molar refractivity (Wildman–Crippen MR) is 40.2 cm³/mol. The predicted octanol–water partition coefficient (Wildman–Crippen LogP) is 0.318. The van der Waals surface area contributed by atoms with Gasteiger partial charge >= 0.3 is 5.97 Å². The Balaban J connectivity index is 3.35. The molecule has 0 spiro atoms. The molecule has 1 unspecified atom stereocenters. The molecule has 0 heterocycles. The Labute approximate surface area is 63.2 Å². The molecule has 0 rings (SSSR count). The fourth-order valence-corrected chi connectivity index (χ4v) is 1.13. The van der Waals surface area contributed by atoms with Crippen molar-refractivity contribution in [1.29, 1.82) is 0 Å². The summed E-state index contributed by atoms with van der Waals surface area (Å²) in [5.74, 6) is 0.738. The molecule has 0 saturated carbocycles. The fourth-order valence-electron chi connectivity index (χ4n) is 0.444. The van der Waals surface area contributed by atoms with Crippen molar-refractivity contribution in [3.63, 3.8) is 0 Å². The van der Waals surface area contributed by atoms with Crippen LogP contribution in [0.2, 0.25) is 0 Å². The van der Waals surface area contributed by atoms with Crippen LogP contribution in [0, 0.1) is 0 Å². The molecule has 0 radical (unpaired) electrons. The fraction of sp³-hybridized carbons (Fsp3) is 0.833. The smallest absolute Gasteiger partial charge is 0.306 e. The molecule has 60 valence electrons. The first-order valence-electron chi connectivity index (χ1n) is 3.12. The lowest BCUT2D eigenvalue weighted by atomic mass is 10.5. The van der Waals surface area contributed by atoms with Gasteiger partial charge in [0.05, 0.1) is 13.5 Å². The van der Waals surface area contributed by atoms with Gasteiger partial charge in [-0.1, -0.05) is 6.92 Å². The lowest BCUT2D eigenvalue weighted by molar-refractivity contribution is -0.140. The number of carbonyl (C=O) groups is 1. The Morgan fingerprint density at radius 3 is 2.60 bits per heavy atom. The molecule has 0 N–H and O–H groups in total. The van der Waals surface area contributed by atoms with Gasteiger partial charge in [-0.2, -0.15) is 0 Å². The highest BCUT2D eigenvalue weighted by atomic mass is 32.2. The standard InChI is InChI=1S/C6H12O3S/c1-3-10(8)5-4-6(7)9-2/h3-5H2,1-2H3. The van der Waals surface area contributed by atoms with E-state index in [1.807, 2.05) is 6.92 Å². The van der Waals surface area contributed by atoms with Gasteiger partial charge in [-0.25, -0.2) is 0 Å². The molecule has 0 bridgehead atoms. The van der Waals surface area contributed by atoms with Gasteiger partial charge in [0.2, 0.25) is 0 Å². The molecule has 0 aromatic carbocycles. The lowest BCUT2D eigenvalue weighted by Gasteiger charge is -1.96. The normalized spacial score (nSPS) is 12.6. The van der Waals surface area contributed by atoms with Crippen LogP contribution in [0.15, 0.2) is 0 Å². The van der Waals surface area contributed by atoms with Crippen LogP contribution in [0.3, 0.4) is 0 Å². The molecule has 1 atom stereocenters. The Morgan fingerprint density at radius 2 is 2.20 bits per heavy atom. The van der Waals surface area contributed by atoms with Crippen LogP contribution < -0.4 is 0 Å². The highest BCUT2D eigenvalue weighted by Crippen LogP contribution is 1.89. The van der Waals surface area contributed by atoms with Gasteiger partial charge in [-0.3, -0.25) is 9.00 Å². The number of carbonyl (C=O) groups excluding carboxylic acids is 1. The molecule has 0 aliphatic carbocycles. The van der Waals surface area contributed by atoms with Crippen LogP contribution in [0.25, 0.3) is 0 Å². The van der Waals surface area contributed by atoms with E-state index in [2.05, 4.69) is 4.74 Å². The number of hydrogen-bond acceptors (Lipinski definition) is 3. The van der Waals surface area contributed by atoms with E-state index in [-0.39, 0.29) is 12.4 Å². The summed E-state index contributed by atoms with van der Waals surface area (Å²) < 4.78 is 15.1. The summed E-state index contributed by atoms with van der Waals surface area (Å²) in [6.07, 6.45) is 0.261. The molecule has 0 aromatic rings. The van der Waals surface area contributed by atoms with Crippen LogP contribution in [-0.2, 0) is 20.3 Å². The summed E-state index contributed by atoms with van der Waals surface area (Å²) in [5, 5.41) is 0. The van der Waals surface area contributed by atoms with Gasteiger partial charge < -0.3 is 4.74 Å². The Hall–Kier alpha value is -0.380. The third-order valence-electron chi connectivity index (χ3n) is 1.08. The Morgan fingerprint density at radius 1 is 1.60 bits per heavy atom. The van der Waals surface area contributed by atoms with E-state index < -0.39 is 10.8 Å². The molecule has 0 fully saturated rings. The van der Waals surface area contributed by atoms with E-state index in [0.717, 1.165) is 0 Å². The minimum Gasteiger partial charge on any atom is -0.469 e. The summed E-state index contributed by atoms with van der Waals surface area (Å²) in [5.41, 5.74) is 0. The number of methoxy groups -OCH3 is 1. The van der Waals surface area contributed by atoms with E-state index in [4.69, 9.17) is 0 Å². The van der Waals surface area contributed by atoms with Crippen molar-refractivity contribution < 1.29 is 13.7 Å². The largest absolute Gasteiger partial charge is 0.469 e. The van der Waals surface area contributed by atoms with Gasteiger partial charge in [-0.05, 0) is 0 Å². The van der Waals surface area contributed by atoms with E-state index in [0.29, 0.717) is 11.5 Å². The van der Waals surface area contributed by atoms with Crippen molar-refractivity contribution in [1.82, 2.24) is 0 Å². The SMILES string of the molecule is CCS(=O)CCC(=O)OC. The number of ether oxygens (including phenoxy) is 1. The van der Waals surface area contributed by atoms with Gasteiger partial charge in [0, 0.05) is 22.3 Å². The van der Waals surface area contributed by atoms with Gasteiger partial charge in [0.25, 0.3) is 0 Å². The lowest BCUT2D eigenvalue weighted by Crippen LogP contribution is -2.07. The van der Waals surface area contributed by atoms with Gasteiger partial charge in [0.15, 0.2) is 0 Å². The van der Waals surface area contributed by atoms with E-state index in [1.54, 1.807) is 0 Å². The zero-order valence-corrected chi connectivity index (χ0v) is 7.07. The minimum atomic E-state index is -0.850. The third kappa shape index (κ3) is 4.49. The molecule has 3 nitrogen and oxygen atoms in total. The van der Waals surface area contributed by atoms with Crippen molar-refractivity contribution in [2.45, 2.75) is 13.3 Å². The molecule has 4 heteroatoms. The maximum Gasteiger partial charge on any atom is 0.306 e. The van der Waals surface area contributed by atoms with E-state index >= 15 is 0 Å². The number of hydrogen-bond donors (Lipinski definition) is 0. The van der Waals surface area contributed by atoms with Crippen LogP contribution in [0.5, 0.6) is 0 Å². The van der Waals surface area contributed by atoms with Crippen molar-refractivity contribution in [3.05, 3.63) is 0 Å². The summed E-state index contributed by atoms with van der Waals surface area (Å²) in [6.45, 7) is 1.83. The average molecular weight is 164 g/mol. The van der Waals surface area contributed by atoms with Gasteiger partial charge in [0.1, 0.15) is 0 Å². The molecule has 0 aromatic heterocycles. The average Bonchev–Trinajstić information content (AvgIpc) is 1.99.